The highest BCUT2D eigenvalue weighted by Gasteiger charge is 2.16. The third-order valence-electron chi connectivity index (χ3n) is 2.97. The van der Waals surface area contributed by atoms with Gasteiger partial charge >= 0.3 is 0 Å². The van der Waals surface area contributed by atoms with Gasteiger partial charge in [0.05, 0.1) is 6.10 Å². The van der Waals surface area contributed by atoms with Crippen LogP contribution in [0.25, 0.3) is 0 Å². The van der Waals surface area contributed by atoms with Gasteiger partial charge in [-0.15, -0.1) is 0 Å². The molecule has 0 aliphatic heterocycles. The Balaban J connectivity index is 3.56. The standard InChI is InChI=1S/C13H31N3O/c1-4-15-11-12(17)7-10-16-13(2,3)8-5-6-9-14/h12,15-17H,4-11,14H2,1-3H3. The van der Waals surface area contributed by atoms with Crippen LogP contribution >= 0.6 is 0 Å². The van der Waals surface area contributed by atoms with Gasteiger partial charge in [-0.3, -0.25) is 0 Å². The normalized spacial score (nSPS) is 13.9. The molecule has 0 aliphatic rings. The largest absolute Gasteiger partial charge is 0.392 e. The molecule has 0 saturated heterocycles. The Morgan fingerprint density at radius 1 is 1.29 bits per heavy atom. The smallest absolute Gasteiger partial charge is 0.0676 e. The van der Waals surface area contributed by atoms with Gasteiger partial charge in [0.15, 0.2) is 0 Å². The summed E-state index contributed by atoms with van der Waals surface area (Å²) in [6.07, 6.45) is 3.94. The van der Waals surface area contributed by atoms with E-state index in [4.69, 9.17) is 5.73 Å². The number of aliphatic hydroxyl groups excluding tert-OH is 1. The lowest BCUT2D eigenvalue weighted by molar-refractivity contribution is 0.157. The Morgan fingerprint density at radius 2 is 2.00 bits per heavy atom. The van der Waals surface area contributed by atoms with Gasteiger partial charge in [0.1, 0.15) is 0 Å². The topological polar surface area (TPSA) is 70.3 Å². The molecule has 0 heterocycles. The van der Waals surface area contributed by atoms with Gasteiger partial charge < -0.3 is 21.5 Å². The van der Waals surface area contributed by atoms with Crippen molar-refractivity contribution < 1.29 is 5.11 Å². The van der Waals surface area contributed by atoms with Gasteiger partial charge in [-0.25, -0.2) is 0 Å². The van der Waals surface area contributed by atoms with Crippen molar-refractivity contribution >= 4 is 0 Å². The lowest BCUT2D eigenvalue weighted by Crippen LogP contribution is -2.41. The van der Waals surface area contributed by atoms with Crippen molar-refractivity contribution in [1.29, 1.82) is 0 Å². The molecule has 17 heavy (non-hydrogen) atoms. The van der Waals surface area contributed by atoms with Crippen LogP contribution in [0.3, 0.4) is 0 Å². The molecule has 0 spiro atoms. The lowest BCUT2D eigenvalue weighted by atomic mass is 9.97. The van der Waals surface area contributed by atoms with E-state index in [1.807, 2.05) is 6.92 Å². The highest BCUT2D eigenvalue weighted by Crippen LogP contribution is 2.12. The van der Waals surface area contributed by atoms with E-state index in [1.165, 1.54) is 0 Å². The zero-order valence-corrected chi connectivity index (χ0v) is 11.8. The molecule has 4 nitrogen and oxygen atoms in total. The first kappa shape index (κ1) is 16.8. The van der Waals surface area contributed by atoms with Crippen LogP contribution in [0.15, 0.2) is 0 Å². The van der Waals surface area contributed by atoms with Crippen molar-refractivity contribution in [1.82, 2.24) is 10.6 Å². The third kappa shape index (κ3) is 10.7. The maximum atomic E-state index is 9.67. The number of unbranched alkanes of at least 4 members (excludes halogenated alkanes) is 1. The Labute approximate surface area is 106 Å². The SMILES string of the molecule is CCNCC(O)CCNC(C)(C)CCCCN. The van der Waals surface area contributed by atoms with Gasteiger partial charge in [-0.2, -0.15) is 0 Å². The molecular formula is C13H31N3O. The van der Waals surface area contributed by atoms with Crippen LogP contribution in [0.1, 0.15) is 46.5 Å². The first-order chi connectivity index (χ1) is 8.02. The fourth-order valence-electron chi connectivity index (χ4n) is 1.79. The van der Waals surface area contributed by atoms with Crippen LogP contribution in [0.5, 0.6) is 0 Å². The Hall–Kier alpha value is -0.160. The average Bonchev–Trinajstić information content (AvgIpc) is 2.26. The summed E-state index contributed by atoms with van der Waals surface area (Å²) in [6.45, 7) is 9.70. The maximum Gasteiger partial charge on any atom is 0.0676 e. The molecule has 0 rings (SSSR count). The predicted octanol–water partition coefficient (Wildman–Crippen LogP) is 0.844. The third-order valence-corrected chi connectivity index (χ3v) is 2.97. The minimum atomic E-state index is -0.248. The minimum absolute atomic E-state index is 0.146. The van der Waals surface area contributed by atoms with Gasteiger partial charge in [-0.05, 0) is 52.7 Å². The Bertz CT molecular complexity index is 174. The van der Waals surface area contributed by atoms with Crippen molar-refractivity contribution in [3.8, 4) is 0 Å². The molecule has 0 aromatic carbocycles. The number of rotatable bonds is 11. The molecule has 0 radical (unpaired) electrons. The molecule has 0 aromatic rings. The van der Waals surface area contributed by atoms with E-state index in [9.17, 15) is 5.11 Å². The lowest BCUT2D eigenvalue weighted by Gasteiger charge is -2.27. The number of aliphatic hydroxyl groups is 1. The summed E-state index contributed by atoms with van der Waals surface area (Å²) in [6, 6.07) is 0. The molecule has 0 amide bonds. The van der Waals surface area contributed by atoms with E-state index in [0.29, 0.717) is 6.54 Å². The number of nitrogens with two attached hydrogens (primary N) is 1. The van der Waals surface area contributed by atoms with E-state index in [2.05, 4.69) is 24.5 Å². The molecule has 1 unspecified atom stereocenters. The van der Waals surface area contributed by atoms with E-state index < -0.39 is 0 Å². The molecule has 5 N–H and O–H groups in total. The summed E-state index contributed by atoms with van der Waals surface area (Å²) >= 11 is 0. The van der Waals surface area contributed by atoms with E-state index >= 15 is 0 Å². The first-order valence-electron chi connectivity index (χ1n) is 6.85. The Morgan fingerprint density at radius 3 is 2.59 bits per heavy atom. The summed E-state index contributed by atoms with van der Waals surface area (Å²) in [4.78, 5) is 0. The predicted molar refractivity (Wildman–Crippen MR) is 74.2 cm³/mol. The van der Waals surface area contributed by atoms with Crippen LogP contribution in [0.2, 0.25) is 0 Å². The zero-order chi connectivity index (χ0) is 13.1. The van der Waals surface area contributed by atoms with E-state index in [1.54, 1.807) is 0 Å². The fourth-order valence-corrected chi connectivity index (χ4v) is 1.79. The molecule has 0 bridgehead atoms. The molecule has 4 heteroatoms. The summed E-state index contributed by atoms with van der Waals surface area (Å²) < 4.78 is 0. The molecule has 0 fully saturated rings. The van der Waals surface area contributed by atoms with Crippen LogP contribution < -0.4 is 16.4 Å². The van der Waals surface area contributed by atoms with Gasteiger partial charge in [-0.1, -0.05) is 13.3 Å². The monoisotopic (exact) mass is 245 g/mol. The summed E-state index contributed by atoms with van der Waals surface area (Å²) in [5.74, 6) is 0. The molecule has 0 saturated carbocycles. The number of likely N-dealkylation sites (N-methyl/N-ethyl adjacent to an activating group) is 1. The fraction of sp³-hybridized carbons (Fsp3) is 1.00. The number of hydrogen-bond acceptors (Lipinski definition) is 4. The number of hydrogen-bond donors (Lipinski definition) is 4. The number of nitrogens with one attached hydrogen (secondary N) is 2. The van der Waals surface area contributed by atoms with Crippen molar-refractivity contribution in [2.24, 2.45) is 5.73 Å². The van der Waals surface area contributed by atoms with E-state index in [-0.39, 0.29) is 11.6 Å². The van der Waals surface area contributed by atoms with Crippen molar-refractivity contribution in [2.45, 2.75) is 58.1 Å². The molecule has 0 aliphatic carbocycles. The van der Waals surface area contributed by atoms with Crippen LogP contribution in [0.4, 0.5) is 0 Å². The highest BCUT2D eigenvalue weighted by molar-refractivity contribution is 4.77. The summed E-state index contributed by atoms with van der Waals surface area (Å²) in [5, 5.41) is 16.3. The van der Waals surface area contributed by atoms with Crippen molar-refractivity contribution in [2.75, 3.05) is 26.2 Å². The van der Waals surface area contributed by atoms with Crippen molar-refractivity contribution in [3.63, 3.8) is 0 Å². The summed E-state index contributed by atoms with van der Waals surface area (Å²) in [7, 11) is 0. The second-order valence-corrected chi connectivity index (χ2v) is 5.31. The van der Waals surface area contributed by atoms with Gasteiger partial charge in [0.25, 0.3) is 0 Å². The molecule has 104 valence electrons. The zero-order valence-electron chi connectivity index (χ0n) is 11.8. The van der Waals surface area contributed by atoms with Gasteiger partial charge in [0.2, 0.25) is 0 Å². The Kier molecular flexibility index (Phi) is 9.74. The molecule has 1 atom stereocenters. The van der Waals surface area contributed by atoms with Crippen LogP contribution in [-0.4, -0.2) is 42.9 Å². The van der Waals surface area contributed by atoms with Crippen molar-refractivity contribution in [3.05, 3.63) is 0 Å². The van der Waals surface area contributed by atoms with Gasteiger partial charge in [0, 0.05) is 12.1 Å². The van der Waals surface area contributed by atoms with E-state index in [0.717, 1.165) is 45.3 Å². The van der Waals surface area contributed by atoms with Crippen LogP contribution in [0, 0.1) is 0 Å². The second-order valence-electron chi connectivity index (χ2n) is 5.31. The molecular weight excluding hydrogens is 214 g/mol. The first-order valence-corrected chi connectivity index (χ1v) is 6.85. The maximum absolute atomic E-state index is 9.67. The summed E-state index contributed by atoms with van der Waals surface area (Å²) in [5.41, 5.74) is 5.63. The quantitative estimate of drug-likeness (QED) is 0.407. The molecule has 0 aromatic heterocycles. The second kappa shape index (κ2) is 9.83. The van der Waals surface area contributed by atoms with Crippen LogP contribution in [-0.2, 0) is 0 Å². The minimum Gasteiger partial charge on any atom is -0.392 e. The highest BCUT2D eigenvalue weighted by atomic mass is 16.3. The average molecular weight is 245 g/mol.